The van der Waals surface area contributed by atoms with Crippen LogP contribution in [0.25, 0.3) is 6.08 Å². The molecule has 0 saturated heterocycles. The molecule has 0 amide bonds. The summed E-state index contributed by atoms with van der Waals surface area (Å²) in [4.78, 5) is 11.9. The predicted octanol–water partition coefficient (Wildman–Crippen LogP) is 5.87. The molecule has 0 N–H and O–H groups in total. The molecule has 3 rings (SSSR count). The van der Waals surface area contributed by atoms with Crippen molar-refractivity contribution in [3.8, 4) is 11.5 Å². The molecule has 0 unspecified atom stereocenters. The van der Waals surface area contributed by atoms with Crippen molar-refractivity contribution in [3.63, 3.8) is 0 Å². The summed E-state index contributed by atoms with van der Waals surface area (Å²) in [5.74, 6) is 2.16. The van der Waals surface area contributed by atoms with Crippen molar-refractivity contribution in [1.29, 1.82) is 0 Å². The third-order valence-corrected chi connectivity index (χ3v) is 5.05. The van der Waals surface area contributed by atoms with Crippen LogP contribution in [-0.2, 0) is 16.8 Å². The minimum Gasteiger partial charge on any atom is -0.496 e. The average Bonchev–Trinajstić information content (AvgIpc) is 3.48. The van der Waals surface area contributed by atoms with Gasteiger partial charge in [0.25, 0.3) is 0 Å². The highest BCUT2D eigenvalue weighted by molar-refractivity contribution is 5.96. The molecule has 1 fully saturated rings. The SMILES string of the molecule is COc1ccc(/C=C/C(=O)C2CC2)cc1COc1cc(C)ccc1C(C)(C)C. The van der Waals surface area contributed by atoms with E-state index in [4.69, 9.17) is 9.47 Å². The minimum absolute atomic E-state index is 0.000871. The number of aryl methyl sites for hydroxylation is 1. The summed E-state index contributed by atoms with van der Waals surface area (Å²) < 4.78 is 11.7. The summed E-state index contributed by atoms with van der Waals surface area (Å²) in [6.07, 6.45) is 5.63. The zero-order valence-electron chi connectivity index (χ0n) is 17.5. The molecule has 0 bridgehead atoms. The molecule has 0 radical (unpaired) electrons. The number of hydrogen-bond acceptors (Lipinski definition) is 3. The molecule has 148 valence electrons. The molecular formula is C25H30O3. The molecule has 3 nitrogen and oxygen atoms in total. The van der Waals surface area contributed by atoms with Gasteiger partial charge in [-0.1, -0.05) is 45.0 Å². The number of allylic oxidation sites excluding steroid dienone is 1. The zero-order chi connectivity index (χ0) is 20.3. The van der Waals surface area contributed by atoms with Crippen molar-refractivity contribution in [2.75, 3.05) is 7.11 Å². The lowest BCUT2D eigenvalue weighted by molar-refractivity contribution is -0.115. The largest absolute Gasteiger partial charge is 0.496 e. The topological polar surface area (TPSA) is 35.5 Å². The molecule has 2 aromatic carbocycles. The first-order valence-corrected chi connectivity index (χ1v) is 9.90. The van der Waals surface area contributed by atoms with E-state index in [9.17, 15) is 4.79 Å². The first kappa shape index (κ1) is 20.2. The fraction of sp³-hybridized carbons (Fsp3) is 0.400. The lowest BCUT2D eigenvalue weighted by Crippen LogP contribution is -2.13. The molecule has 28 heavy (non-hydrogen) atoms. The Morgan fingerprint density at radius 3 is 2.50 bits per heavy atom. The van der Waals surface area contributed by atoms with E-state index in [-0.39, 0.29) is 17.1 Å². The number of ether oxygens (including phenoxy) is 2. The van der Waals surface area contributed by atoms with Gasteiger partial charge in [-0.3, -0.25) is 4.79 Å². The standard InChI is InChI=1S/C25H30O3/c1-17-6-11-21(25(2,3)4)24(14-17)28-16-20-15-18(8-13-23(20)27-5)7-12-22(26)19-9-10-19/h6-8,11-15,19H,9-10,16H2,1-5H3/b12-7+. The summed E-state index contributed by atoms with van der Waals surface area (Å²) >= 11 is 0. The highest BCUT2D eigenvalue weighted by Gasteiger charge is 2.27. The van der Waals surface area contributed by atoms with Crippen LogP contribution in [0.1, 0.15) is 55.9 Å². The lowest BCUT2D eigenvalue weighted by atomic mass is 9.86. The molecule has 2 aromatic rings. The monoisotopic (exact) mass is 378 g/mol. The Labute approximate surface area is 168 Å². The van der Waals surface area contributed by atoms with E-state index in [0.717, 1.165) is 35.5 Å². The van der Waals surface area contributed by atoms with E-state index >= 15 is 0 Å². The minimum atomic E-state index is 0.000871. The van der Waals surface area contributed by atoms with E-state index in [0.29, 0.717) is 6.61 Å². The highest BCUT2D eigenvalue weighted by atomic mass is 16.5. The van der Waals surface area contributed by atoms with Crippen molar-refractivity contribution in [3.05, 3.63) is 64.7 Å². The smallest absolute Gasteiger partial charge is 0.158 e. The van der Waals surface area contributed by atoms with Crippen LogP contribution in [0.4, 0.5) is 0 Å². The van der Waals surface area contributed by atoms with E-state index in [1.165, 1.54) is 11.1 Å². The summed E-state index contributed by atoms with van der Waals surface area (Å²) in [6, 6.07) is 12.3. The quantitative estimate of drug-likeness (QED) is 0.565. The number of rotatable bonds is 7. The molecule has 1 saturated carbocycles. The summed E-state index contributed by atoms with van der Waals surface area (Å²) in [5, 5.41) is 0. The van der Waals surface area contributed by atoms with Crippen LogP contribution in [-0.4, -0.2) is 12.9 Å². The molecule has 0 heterocycles. The van der Waals surface area contributed by atoms with Crippen molar-refractivity contribution in [2.24, 2.45) is 5.92 Å². The van der Waals surface area contributed by atoms with Gasteiger partial charge in [0.15, 0.2) is 5.78 Å². The molecule has 1 aliphatic carbocycles. The number of carbonyl (C=O) groups is 1. The van der Waals surface area contributed by atoms with Gasteiger partial charge in [-0.15, -0.1) is 0 Å². The highest BCUT2D eigenvalue weighted by Crippen LogP contribution is 2.33. The second-order valence-corrected chi connectivity index (χ2v) is 8.62. The van der Waals surface area contributed by atoms with Crippen LogP contribution in [0, 0.1) is 12.8 Å². The molecule has 0 aromatic heterocycles. The van der Waals surface area contributed by atoms with Gasteiger partial charge in [-0.2, -0.15) is 0 Å². The number of carbonyl (C=O) groups excluding carboxylic acids is 1. The van der Waals surface area contributed by atoms with Gasteiger partial charge in [-0.25, -0.2) is 0 Å². The molecular weight excluding hydrogens is 348 g/mol. The van der Waals surface area contributed by atoms with Crippen molar-refractivity contribution in [1.82, 2.24) is 0 Å². The van der Waals surface area contributed by atoms with Crippen LogP contribution >= 0.6 is 0 Å². The second-order valence-electron chi connectivity index (χ2n) is 8.62. The zero-order valence-corrected chi connectivity index (χ0v) is 17.5. The first-order valence-electron chi connectivity index (χ1n) is 9.90. The molecule has 0 atom stereocenters. The molecule has 1 aliphatic rings. The van der Waals surface area contributed by atoms with Crippen LogP contribution in [0.15, 0.2) is 42.5 Å². The maximum absolute atomic E-state index is 11.9. The Morgan fingerprint density at radius 1 is 1.11 bits per heavy atom. The van der Waals surface area contributed by atoms with Crippen molar-refractivity contribution >= 4 is 11.9 Å². The molecule has 3 heteroatoms. The number of methoxy groups -OCH3 is 1. The predicted molar refractivity (Wildman–Crippen MR) is 114 cm³/mol. The number of benzene rings is 2. The fourth-order valence-electron chi connectivity index (χ4n) is 3.22. The van der Waals surface area contributed by atoms with Crippen LogP contribution in [0.3, 0.4) is 0 Å². The van der Waals surface area contributed by atoms with Crippen molar-refractivity contribution < 1.29 is 14.3 Å². The Bertz CT molecular complexity index is 883. The van der Waals surface area contributed by atoms with Gasteiger partial charge in [0, 0.05) is 11.5 Å². The number of ketones is 1. The van der Waals surface area contributed by atoms with E-state index in [2.05, 4.69) is 45.9 Å². The van der Waals surface area contributed by atoms with Crippen LogP contribution in [0.2, 0.25) is 0 Å². The maximum Gasteiger partial charge on any atom is 0.158 e. The van der Waals surface area contributed by atoms with Gasteiger partial charge in [0.1, 0.15) is 18.1 Å². The van der Waals surface area contributed by atoms with E-state index in [1.54, 1.807) is 13.2 Å². The lowest BCUT2D eigenvalue weighted by Gasteiger charge is -2.23. The number of hydrogen-bond donors (Lipinski definition) is 0. The van der Waals surface area contributed by atoms with Gasteiger partial charge >= 0.3 is 0 Å². The third kappa shape index (κ3) is 5.03. The Hall–Kier alpha value is -2.55. The third-order valence-electron chi connectivity index (χ3n) is 5.05. The Morgan fingerprint density at radius 2 is 1.86 bits per heavy atom. The summed E-state index contributed by atoms with van der Waals surface area (Å²) in [7, 11) is 1.66. The van der Waals surface area contributed by atoms with E-state index < -0.39 is 0 Å². The molecule has 0 spiro atoms. The van der Waals surface area contributed by atoms with Gasteiger partial charge < -0.3 is 9.47 Å². The summed E-state index contributed by atoms with van der Waals surface area (Å²) in [6.45, 7) is 9.05. The first-order chi connectivity index (χ1) is 13.3. The van der Waals surface area contributed by atoms with Gasteiger partial charge in [0.2, 0.25) is 0 Å². The van der Waals surface area contributed by atoms with E-state index in [1.807, 2.05) is 24.3 Å². The van der Waals surface area contributed by atoms with Crippen LogP contribution in [0.5, 0.6) is 11.5 Å². The Kier molecular flexibility index (Phi) is 5.93. The summed E-state index contributed by atoms with van der Waals surface area (Å²) in [5.41, 5.74) is 4.30. The maximum atomic E-state index is 11.9. The average molecular weight is 379 g/mol. The van der Waals surface area contributed by atoms with Gasteiger partial charge in [-0.05, 0) is 66.1 Å². The van der Waals surface area contributed by atoms with Crippen molar-refractivity contribution in [2.45, 2.75) is 52.6 Å². The van der Waals surface area contributed by atoms with Crippen LogP contribution < -0.4 is 9.47 Å². The second kappa shape index (κ2) is 8.22. The van der Waals surface area contributed by atoms with Gasteiger partial charge in [0.05, 0.1) is 7.11 Å². The Balaban J connectivity index is 1.81. The molecule has 0 aliphatic heterocycles. The normalized spacial score (nSPS) is 14.3. The fourth-order valence-corrected chi connectivity index (χ4v) is 3.22.